The summed E-state index contributed by atoms with van der Waals surface area (Å²) in [4.78, 5) is 7.13. The van der Waals surface area contributed by atoms with Crippen molar-refractivity contribution in [2.45, 2.75) is 30.6 Å². The zero-order chi connectivity index (χ0) is 19.5. The van der Waals surface area contributed by atoms with Gasteiger partial charge in [0, 0.05) is 25.1 Å². The van der Waals surface area contributed by atoms with Crippen molar-refractivity contribution in [1.82, 2.24) is 24.8 Å². The Kier molecular flexibility index (Phi) is 3.79. The Labute approximate surface area is 163 Å². The fraction of sp³-hybridized carbons (Fsp3) is 0.500. The molecular weight excluding hydrogens is 378 g/mol. The summed E-state index contributed by atoms with van der Waals surface area (Å²) in [6, 6.07) is 4.04. The van der Waals surface area contributed by atoms with Gasteiger partial charge in [-0.25, -0.2) is 13.7 Å². The van der Waals surface area contributed by atoms with Gasteiger partial charge in [-0.3, -0.25) is 9.88 Å². The van der Waals surface area contributed by atoms with Gasteiger partial charge in [0.1, 0.15) is 5.82 Å². The van der Waals surface area contributed by atoms with Crippen molar-refractivity contribution < 1.29 is 8.95 Å². The standard InChI is InChI=1S/C18H23N7O2S/c1-12-11-27-8-7-24(12)16-9-15(18(4-5-18)28(2,19)26)25-17(22-16)13(10-21-25)14-3-6-20-23-14/h3,6,9-10,12,19H,4-5,7-8,11H2,1-2H3,(H,20,23). The van der Waals surface area contributed by atoms with Crippen LogP contribution in [-0.2, 0) is 19.2 Å². The van der Waals surface area contributed by atoms with Crippen LogP contribution in [0.15, 0.2) is 24.5 Å². The minimum atomic E-state index is -2.79. The van der Waals surface area contributed by atoms with E-state index in [0.29, 0.717) is 18.9 Å². The lowest BCUT2D eigenvalue weighted by Gasteiger charge is -2.35. The van der Waals surface area contributed by atoms with E-state index < -0.39 is 14.5 Å². The number of aromatic amines is 1. The van der Waals surface area contributed by atoms with Crippen LogP contribution >= 0.6 is 0 Å². The molecule has 0 radical (unpaired) electrons. The molecule has 2 aliphatic rings. The molecule has 2 N–H and O–H groups in total. The molecule has 0 bridgehead atoms. The van der Waals surface area contributed by atoms with E-state index in [4.69, 9.17) is 14.5 Å². The maximum Gasteiger partial charge on any atom is 0.167 e. The zero-order valence-corrected chi connectivity index (χ0v) is 16.7. The molecule has 3 aromatic heterocycles. The van der Waals surface area contributed by atoms with Crippen LogP contribution in [0.1, 0.15) is 25.5 Å². The molecule has 2 fully saturated rings. The molecule has 3 aromatic rings. The second-order valence-electron chi connectivity index (χ2n) is 7.72. The second-order valence-corrected chi connectivity index (χ2v) is 10.2. The summed E-state index contributed by atoms with van der Waals surface area (Å²) < 4.78 is 27.8. The number of nitrogens with zero attached hydrogens (tertiary/aromatic N) is 5. The number of hydrogen-bond donors (Lipinski definition) is 2. The third-order valence-electron chi connectivity index (χ3n) is 5.83. The number of anilines is 1. The molecule has 0 spiro atoms. The molecule has 1 aliphatic carbocycles. The monoisotopic (exact) mass is 401 g/mol. The minimum Gasteiger partial charge on any atom is -0.377 e. The summed E-state index contributed by atoms with van der Waals surface area (Å²) in [6.45, 7) is 4.14. The number of hydrogen-bond acceptors (Lipinski definition) is 7. The quantitative estimate of drug-likeness (QED) is 0.692. The maximum atomic E-state index is 12.9. The van der Waals surface area contributed by atoms with E-state index >= 15 is 0 Å². The lowest BCUT2D eigenvalue weighted by molar-refractivity contribution is 0.0985. The predicted molar refractivity (Wildman–Crippen MR) is 106 cm³/mol. The highest BCUT2D eigenvalue weighted by Crippen LogP contribution is 2.53. The average molecular weight is 401 g/mol. The molecule has 2 unspecified atom stereocenters. The fourth-order valence-corrected chi connectivity index (χ4v) is 5.47. The van der Waals surface area contributed by atoms with Gasteiger partial charge in [-0.05, 0) is 25.8 Å². The highest BCUT2D eigenvalue weighted by atomic mass is 32.2. The first-order valence-electron chi connectivity index (χ1n) is 9.37. The van der Waals surface area contributed by atoms with Crippen LogP contribution in [0.2, 0.25) is 0 Å². The first-order chi connectivity index (χ1) is 13.4. The number of ether oxygens (including phenoxy) is 1. The number of aromatic nitrogens is 5. The third-order valence-corrected chi connectivity index (χ3v) is 7.94. The molecule has 1 aliphatic heterocycles. The summed E-state index contributed by atoms with van der Waals surface area (Å²) in [6.07, 6.45) is 6.43. The number of nitrogens with one attached hydrogen (secondary N) is 2. The van der Waals surface area contributed by atoms with E-state index in [1.54, 1.807) is 16.9 Å². The topological polar surface area (TPSA) is 112 Å². The van der Waals surface area contributed by atoms with E-state index in [0.717, 1.165) is 42.2 Å². The molecule has 148 valence electrons. The van der Waals surface area contributed by atoms with Gasteiger partial charge in [-0.2, -0.15) is 10.2 Å². The van der Waals surface area contributed by atoms with Crippen molar-refractivity contribution >= 4 is 21.2 Å². The zero-order valence-electron chi connectivity index (χ0n) is 15.9. The van der Waals surface area contributed by atoms with E-state index in [-0.39, 0.29) is 6.04 Å². The Morgan fingerprint density at radius 3 is 2.89 bits per heavy atom. The Hall–Kier alpha value is -2.46. The molecule has 4 heterocycles. The third kappa shape index (κ3) is 2.55. The summed E-state index contributed by atoms with van der Waals surface area (Å²) >= 11 is 0. The smallest absolute Gasteiger partial charge is 0.167 e. The van der Waals surface area contributed by atoms with Gasteiger partial charge in [0.05, 0.1) is 56.9 Å². The maximum absolute atomic E-state index is 12.9. The van der Waals surface area contributed by atoms with Crippen LogP contribution in [-0.4, -0.2) is 61.1 Å². The summed E-state index contributed by atoms with van der Waals surface area (Å²) in [7, 11) is -2.79. The molecule has 28 heavy (non-hydrogen) atoms. The number of rotatable bonds is 4. The van der Waals surface area contributed by atoms with Gasteiger partial charge in [-0.15, -0.1) is 0 Å². The molecule has 1 saturated carbocycles. The molecule has 2 atom stereocenters. The van der Waals surface area contributed by atoms with E-state index in [1.807, 2.05) is 12.1 Å². The molecule has 0 aromatic carbocycles. The second kappa shape index (κ2) is 6.02. The number of fused-ring (bicyclic) bond motifs is 1. The van der Waals surface area contributed by atoms with E-state index in [1.165, 1.54) is 6.26 Å². The van der Waals surface area contributed by atoms with Crippen LogP contribution in [0.25, 0.3) is 16.9 Å². The highest BCUT2D eigenvalue weighted by Gasteiger charge is 2.53. The first-order valence-corrected chi connectivity index (χ1v) is 11.3. The van der Waals surface area contributed by atoms with Gasteiger partial charge in [0.2, 0.25) is 0 Å². The van der Waals surface area contributed by atoms with Crippen molar-refractivity contribution in [3.63, 3.8) is 0 Å². The highest BCUT2D eigenvalue weighted by molar-refractivity contribution is 7.93. The van der Waals surface area contributed by atoms with Crippen molar-refractivity contribution in [2.24, 2.45) is 0 Å². The van der Waals surface area contributed by atoms with Crippen LogP contribution in [0.4, 0.5) is 5.82 Å². The van der Waals surface area contributed by atoms with Gasteiger partial charge in [-0.1, -0.05) is 0 Å². The molecular formula is C18H23N7O2S. The van der Waals surface area contributed by atoms with Crippen LogP contribution in [0.3, 0.4) is 0 Å². The molecule has 0 amide bonds. The van der Waals surface area contributed by atoms with Crippen LogP contribution in [0, 0.1) is 4.78 Å². The number of morpholine rings is 1. The average Bonchev–Trinajstić information content (AvgIpc) is 3.11. The van der Waals surface area contributed by atoms with Crippen molar-refractivity contribution in [3.05, 3.63) is 30.2 Å². The van der Waals surface area contributed by atoms with Crippen molar-refractivity contribution in [2.75, 3.05) is 30.9 Å². The molecule has 10 heteroatoms. The Bertz CT molecular complexity index is 1130. The summed E-state index contributed by atoms with van der Waals surface area (Å²) in [5.74, 6) is 0.814. The van der Waals surface area contributed by atoms with Crippen LogP contribution in [0.5, 0.6) is 0 Å². The fourth-order valence-electron chi connectivity index (χ4n) is 4.04. The lowest BCUT2D eigenvalue weighted by Crippen LogP contribution is -2.44. The normalized spacial score (nSPS) is 23.6. The lowest BCUT2D eigenvalue weighted by atomic mass is 10.2. The summed E-state index contributed by atoms with van der Waals surface area (Å²) in [5, 5.41) is 11.6. The van der Waals surface area contributed by atoms with Crippen LogP contribution < -0.4 is 4.90 Å². The minimum absolute atomic E-state index is 0.187. The van der Waals surface area contributed by atoms with Gasteiger partial charge >= 0.3 is 0 Å². The first kappa shape index (κ1) is 17.6. The molecule has 1 saturated heterocycles. The van der Waals surface area contributed by atoms with E-state index in [9.17, 15) is 4.21 Å². The molecule has 5 rings (SSSR count). The van der Waals surface area contributed by atoms with Crippen molar-refractivity contribution in [1.29, 1.82) is 4.78 Å². The van der Waals surface area contributed by atoms with Gasteiger partial charge < -0.3 is 9.64 Å². The van der Waals surface area contributed by atoms with E-state index in [2.05, 4.69) is 27.1 Å². The van der Waals surface area contributed by atoms with Gasteiger partial charge in [0.25, 0.3) is 0 Å². The Balaban J connectivity index is 1.76. The Morgan fingerprint density at radius 2 is 2.25 bits per heavy atom. The predicted octanol–water partition coefficient (Wildman–Crippen LogP) is 2.01. The largest absolute Gasteiger partial charge is 0.377 e. The van der Waals surface area contributed by atoms with Crippen molar-refractivity contribution in [3.8, 4) is 11.3 Å². The van der Waals surface area contributed by atoms with Gasteiger partial charge in [0.15, 0.2) is 5.65 Å². The summed E-state index contributed by atoms with van der Waals surface area (Å²) in [5.41, 5.74) is 3.16. The Morgan fingerprint density at radius 1 is 1.43 bits per heavy atom. The number of H-pyrrole nitrogens is 1. The SMILES string of the molecule is CC1COCCN1c1cc(C2(S(C)(=N)=O)CC2)n2ncc(-c3ccn[nH]3)c2n1. The molecule has 9 nitrogen and oxygen atoms in total.